The summed E-state index contributed by atoms with van der Waals surface area (Å²) in [6.07, 6.45) is 2.15. The molecule has 4 unspecified atom stereocenters. The third-order valence-electron chi connectivity index (χ3n) is 19.4. The fourth-order valence-electron chi connectivity index (χ4n) is 12.5. The van der Waals surface area contributed by atoms with Crippen LogP contribution in [0.2, 0.25) is 5.35 Å². The van der Waals surface area contributed by atoms with Gasteiger partial charge < -0.3 is 104 Å². The number of nitrogens with zero attached hydrogens (tertiary/aromatic N) is 5. The second kappa shape index (κ2) is 50.1. The van der Waals surface area contributed by atoms with Gasteiger partial charge in [0.15, 0.2) is 27.9 Å². The number of rotatable bonds is 32. The first-order chi connectivity index (χ1) is 64.9. The van der Waals surface area contributed by atoms with E-state index in [-0.39, 0.29) is 89.5 Å². The van der Waals surface area contributed by atoms with E-state index in [1.54, 1.807) is 142 Å². The van der Waals surface area contributed by atoms with Crippen LogP contribution in [0.5, 0.6) is 28.7 Å². The van der Waals surface area contributed by atoms with E-state index >= 15 is 0 Å². The number of methoxy groups -OCH3 is 2. The summed E-state index contributed by atoms with van der Waals surface area (Å²) in [6.45, 7) is 7.04. The summed E-state index contributed by atoms with van der Waals surface area (Å²) in [6, 6.07) is 69.1. The zero-order valence-electron chi connectivity index (χ0n) is 75.3. The number of aromatic hydroxyl groups is 1. The number of likely N-dealkylation sites (N-methyl/N-ethyl adjacent to an activating group) is 4. The van der Waals surface area contributed by atoms with Crippen LogP contribution >= 0.6 is 11.6 Å². The molecule has 0 aliphatic heterocycles. The lowest BCUT2D eigenvalue weighted by Gasteiger charge is -2.20. The molecule has 5 heterocycles. The molecule has 708 valence electrons. The van der Waals surface area contributed by atoms with Gasteiger partial charge in [-0.2, -0.15) is 33.3 Å². The van der Waals surface area contributed by atoms with Gasteiger partial charge in [0.25, 0.3) is 39.5 Å². The van der Waals surface area contributed by atoms with Crippen molar-refractivity contribution in [3.05, 3.63) is 294 Å². The molecule has 0 saturated heterocycles. The molecular weight excluding hydrogens is 1780 g/mol. The van der Waals surface area contributed by atoms with Crippen molar-refractivity contribution in [2.75, 3.05) is 90.0 Å². The molecule has 38 heteroatoms. The van der Waals surface area contributed by atoms with Crippen LogP contribution in [0.25, 0.3) is 55.5 Å². The minimum atomic E-state index is -4.02. The number of halogens is 3. The third kappa shape index (κ3) is 32.1. The molecule has 5 amide bonds. The first-order valence-electron chi connectivity index (χ1n) is 42.0. The Morgan fingerprint density at radius 2 is 0.756 bits per heavy atom. The molecule has 0 spiro atoms. The van der Waals surface area contributed by atoms with Crippen LogP contribution < -0.4 is 72.5 Å². The normalized spacial score (nSPS) is 12.1. The zero-order valence-corrected chi connectivity index (χ0v) is 76.9. The number of phenols is 1. The number of benzene rings is 10. The molecule has 0 saturated carbocycles. The van der Waals surface area contributed by atoms with Crippen molar-refractivity contribution >= 4 is 131 Å². The molecule has 15 rings (SSSR count). The maximum Gasteiger partial charge on any atom is 0.407 e. The Bertz CT molecular complexity index is 6570. The second-order valence-electron chi connectivity index (χ2n) is 30.6. The lowest BCUT2D eigenvalue weighted by molar-refractivity contribution is -0.122. The van der Waals surface area contributed by atoms with Gasteiger partial charge in [-0.05, 0) is 134 Å². The predicted octanol–water partition coefficient (Wildman–Crippen LogP) is 15.8. The Kier molecular flexibility index (Phi) is 37.7. The second-order valence-corrected chi connectivity index (χ2v) is 32.3. The number of anilines is 4. The highest BCUT2D eigenvalue weighted by molar-refractivity contribution is 7.85. The maximum atomic E-state index is 13.3. The lowest BCUT2D eigenvalue weighted by Crippen LogP contribution is -2.39. The molecule has 10 aromatic carbocycles. The number of fused-ring (bicyclic) bond motifs is 5. The number of carbonyl (C=O) groups excluding carboxylic acids is 5. The zero-order chi connectivity index (χ0) is 97.0. The van der Waals surface area contributed by atoms with Gasteiger partial charge in [0.1, 0.15) is 99.3 Å². The summed E-state index contributed by atoms with van der Waals surface area (Å²) in [4.78, 5) is 82.0. The van der Waals surface area contributed by atoms with Crippen LogP contribution in [-0.2, 0) is 59.7 Å². The third-order valence-corrected chi connectivity index (χ3v) is 20.5. The standard InChI is InChI=1S/C26H31FN4O5.C21H23FN4O3.C18H19N3O3.C17H17N3O3.C8H6ClNO2.C7H8O3S/c1-26(2,3)36-25(33)29-15-18(14-27)16-34-19-10-11-20-22(13-19)35-24(30-20)31-21(23(32)28-4)12-17-8-6-5-7-9-17;1-24-20(27)18(9-14-5-3-2-4-6-14)26-21-25-17-8-7-16(10-19(17)29-21)28-13-15(11-22)12-23;1-19-17(22)15(10-12-6-4-3-5-7-12)21-18-20-14-9-8-13(23-2)11-16(14)24-18;1-18-16(22)14(9-11-5-3-2-4-6-11)20-17-19-13-8-7-12(21)10-15(13)23-17;1-11-5-2-3-6-7(4-5)12-8(9)10-6;1-6-2-4-7(5-3-6)11(8,9)10/h5-11,13-14,21H,12,15-16H2,1-4H3,(H,28,32)(H,29,33)(H,30,31);2-8,10-11,18H,9,12-13,23H2,1H3,(H,24,27)(H,25,26);3-9,11,15H,10H2,1-2H3,(H,19,22)(H,20,21);2-8,10,14,21H,9H2,1H3,(H,18,22)(H,19,20);2-4H,1H3;2-5H,1H3,(H,8,9,10)/b18-14-;15-11-;;;;. The van der Waals surface area contributed by atoms with E-state index in [2.05, 4.69) is 72.8 Å². The molecule has 13 N–H and O–H groups in total. The molecule has 0 fully saturated rings. The highest BCUT2D eigenvalue weighted by atomic mass is 35.5. The molecule has 34 nitrogen and oxygen atoms in total. The molecule has 0 aliphatic rings. The number of amides is 5. The van der Waals surface area contributed by atoms with Crippen LogP contribution in [0.4, 0.5) is 37.6 Å². The molecule has 0 aliphatic carbocycles. The highest BCUT2D eigenvalue weighted by Crippen LogP contribution is 2.31. The number of hydrogen-bond acceptors (Lipinski definition) is 28. The van der Waals surface area contributed by atoms with Crippen molar-refractivity contribution < 1.29 is 96.6 Å². The fraction of sp³-hybridized carbons (Fsp3) is 0.237. The fourth-order valence-corrected chi connectivity index (χ4v) is 13.2. The van der Waals surface area contributed by atoms with Crippen molar-refractivity contribution in [3.63, 3.8) is 0 Å². The SMILES string of the molecule is CNC(=O)C(Cc1ccccc1)Nc1nc2ccc(O)cc2o1.CNC(=O)C(Cc1ccccc1)Nc1nc2ccc(OC)cc2o1.CNC(=O)C(Cc1ccccc1)Nc1nc2ccc(OC/C(=C\F)CN)cc2o1.CNC(=O)C(Cc1ccccc1)Nc1nc2ccc(OC/C(=C\F)CNC(=O)OC(C)(C)C)cc2o1.COc1ccc2nc(Cl)oc2c1.Cc1ccc(S(=O)(=O)O)cc1. The number of hydrogen-bond donors (Lipinski definition) is 12. The Morgan fingerprint density at radius 1 is 0.444 bits per heavy atom. The Morgan fingerprint density at radius 3 is 1.07 bits per heavy atom. The van der Waals surface area contributed by atoms with Gasteiger partial charge in [-0.3, -0.25) is 23.7 Å². The average Bonchev–Trinajstić information content (AvgIpc) is 1.68. The van der Waals surface area contributed by atoms with E-state index in [9.17, 15) is 46.3 Å². The average molecular weight is 1890 g/mol. The van der Waals surface area contributed by atoms with Crippen molar-refractivity contribution in [3.8, 4) is 28.7 Å². The van der Waals surface area contributed by atoms with Crippen LogP contribution in [0.1, 0.15) is 48.6 Å². The summed E-state index contributed by atoms with van der Waals surface area (Å²) in [7, 11) is 5.52. The highest BCUT2D eigenvalue weighted by Gasteiger charge is 2.26. The monoisotopic (exact) mass is 1890 g/mol. The predicted molar refractivity (Wildman–Crippen MR) is 510 cm³/mol. The van der Waals surface area contributed by atoms with E-state index in [1.165, 1.54) is 24.3 Å². The van der Waals surface area contributed by atoms with Gasteiger partial charge in [-0.1, -0.05) is 139 Å². The number of ether oxygens (including phenoxy) is 5. The Labute approximate surface area is 780 Å². The van der Waals surface area contributed by atoms with Crippen LogP contribution in [0, 0.1) is 6.92 Å². The van der Waals surface area contributed by atoms with Crippen molar-refractivity contribution in [2.24, 2.45) is 5.73 Å². The molecule has 135 heavy (non-hydrogen) atoms. The molecule has 0 bridgehead atoms. The molecule has 0 radical (unpaired) electrons. The van der Waals surface area contributed by atoms with Gasteiger partial charge in [0.2, 0.25) is 23.6 Å². The summed E-state index contributed by atoms with van der Waals surface area (Å²) >= 11 is 5.56. The van der Waals surface area contributed by atoms with Crippen molar-refractivity contribution in [1.82, 2.24) is 51.5 Å². The first kappa shape index (κ1) is 102. The van der Waals surface area contributed by atoms with Crippen molar-refractivity contribution in [2.45, 2.75) is 88.0 Å². The van der Waals surface area contributed by atoms with Crippen molar-refractivity contribution in [1.29, 1.82) is 0 Å². The lowest BCUT2D eigenvalue weighted by atomic mass is 10.1. The largest absolute Gasteiger partial charge is 0.508 e. The van der Waals surface area contributed by atoms with Crippen LogP contribution in [0.3, 0.4) is 0 Å². The first-order valence-corrected chi connectivity index (χ1v) is 43.8. The smallest absolute Gasteiger partial charge is 0.407 e. The summed E-state index contributed by atoms with van der Waals surface area (Å²) < 4.78 is 110. The number of nitrogens with one attached hydrogen (secondary N) is 9. The minimum Gasteiger partial charge on any atom is -0.508 e. The maximum absolute atomic E-state index is 13.3. The van der Waals surface area contributed by atoms with E-state index in [4.69, 9.17) is 67.7 Å². The quantitative estimate of drug-likeness (QED) is 0.0174. The van der Waals surface area contributed by atoms with Gasteiger partial charge >= 0.3 is 6.09 Å². The van der Waals surface area contributed by atoms with E-state index in [1.807, 2.05) is 140 Å². The van der Waals surface area contributed by atoms with Crippen LogP contribution in [0.15, 0.2) is 287 Å². The molecule has 4 atom stereocenters. The van der Waals surface area contributed by atoms with Gasteiger partial charge in [-0.25, -0.2) is 13.6 Å². The number of phenolic OH excluding ortho intramolecular Hbond substituents is 1. The Hall–Kier alpha value is -15.6. The number of oxazole rings is 5. The molecular formula is C97H104ClF2N15O19S. The van der Waals surface area contributed by atoms with Crippen LogP contribution in [-0.4, -0.2) is 171 Å². The number of aromatic nitrogens is 5. The van der Waals surface area contributed by atoms with E-state index in [0.717, 1.165) is 39.1 Å². The van der Waals surface area contributed by atoms with E-state index in [0.29, 0.717) is 117 Å². The van der Waals surface area contributed by atoms with Gasteiger partial charge in [0, 0.05) is 108 Å². The molecule has 15 aromatic rings. The van der Waals surface area contributed by atoms with E-state index < -0.39 is 46.0 Å². The number of nitrogens with two attached hydrogens (primary N) is 1. The number of carbonyl (C=O) groups is 5. The van der Waals surface area contributed by atoms with Gasteiger partial charge in [0.05, 0.1) is 31.8 Å². The summed E-state index contributed by atoms with van der Waals surface area (Å²) in [5.41, 5.74) is 16.2. The Balaban J connectivity index is 0.000000174. The number of alkyl carbamates (subject to hydrolysis) is 1. The summed E-state index contributed by atoms with van der Waals surface area (Å²) in [5, 5.41) is 34.9. The summed E-state index contributed by atoms with van der Waals surface area (Å²) in [5.74, 6) is 1.80. The number of aryl methyl sites for hydroxylation is 1. The molecule has 5 aromatic heterocycles. The minimum absolute atomic E-state index is 0.0492. The van der Waals surface area contributed by atoms with Gasteiger partial charge in [-0.15, -0.1) is 0 Å². The topological polar surface area (TPSA) is 471 Å².